The second kappa shape index (κ2) is 4.33. The summed E-state index contributed by atoms with van der Waals surface area (Å²) in [4.78, 5) is 10.7. The molecule has 0 amide bonds. The van der Waals surface area contributed by atoms with E-state index in [4.69, 9.17) is 10.5 Å². The number of H-pyrrole nitrogens is 2. The first-order valence-corrected chi connectivity index (χ1v) is 6.63. The molecular formula is C12H14N8O. The van der Waals surface area contributed by atoms with Crippen molar-refractivity contribution in [3.05, 3.63) is 18.0 Å². The zero-order chi connectivity index (χ0) is 14.4. The molecule has 4 rings (SSSR count). The lowest BCUT2D eigenvalue weighted by Crippen LogP contribution is -2.30. The monoisotopic (exact) mass is 286 g/mol. The smallest absolute Gasteiger partial charge is 0.224 e. The lowest BCUT2D eigenvalue weighted by atomic mass is 10.1. The Bertz CT molecular complexity index is 794. The highest BCUT2D eigenvalue weighted by Gasteiger charge is 2.27. The molecule has 1 aliphatic rings. The van der Waals surface area contributed by atoms with Gasteiger partial charge in [0, 0.05) is 0 Å². The van der Waals surface area contributed by atoms with Crippen LogP contribution in [0.4, 0.5) is 11.8 Å². The van der Waals surface area contributed by atoms with E-state index in [0.29, 0.717) is 24.7 Å². The SMILES string of the molecule is CC1c2cn[nH]c2OCCN1c1nc(N)nc2[nH]ncc12. The summed E-state index contributed by atoms with van der Waals surface area (Å²) in [6.07, 6.45) is 3.48. The fraction of sp³-hybridized carbons (Fsp3) is 0.333. The van der Waals surface area contributed by atoms with Crippen molar-refractivity contribution in [2.45, 2.75) is 13.0 Å². The molecule has 0 spiro atoms. The fourth-order valence-electron chi connectivity index (χ4n) is 2.65. The van der Waals surface area contributed by atoms with Crippen molar-refractivity contribution >= 4 is 22.8 Å². The summed E-state index contributed by atoms with van der Waals surface area (Å²) in [5.41, 5.74) is 7.42. The third-order valence-electron chi connectivity index (χ3n) is 3.71. The molecule has 0 aromatic carbocycles. The van der Waals surface area contributed by atoms with Crippen LogP contribution in [-0.2, 0) is 0 Å². The second-order valence-corrected chi connectivity index (χ2v) is 4.91. The first kappa shape index (κ1) is 11.9. The standard InChI is InChI=1S/C12H14N8O/c1-6-7-4-15-19-11(7)21-3-2-20(6)10-8-5-14-18-9(8)16-12(13)17-10/h4-6H,2-3H2,1H3,(H,15,19)(H3,13,14,16,17,18). The predicted molar refractivity (Wildman–Crippen MR) is 75.9 cm³/mol. The maximum absolute atomic E-state index is 5.80. The van der Waals surface area contributed by atoms with Crippen LogP contribution in [0.25, 0.3) is 11.0 Å². The van der Waals surface area contributed by atoms with Gasteiger partial charge in [-0.05, 0) is 6.92 Å². The van der Waals surface area contributed by atoms with E-state index in [1.807, 2.05) is 0 Å². The lowest BCUT2D eigenvalue weighted by Gasteiger charge is -2.27. The van der Waals surface area contributed by atoms with Crippen LogP contribution in [0.2, 0.25) is 0 Å². The predicted octanol–water partition coefficient (Wildman–Crippen LogP) is 0.618. The van der Waals surface area contributed by atoms with Crippen molar-refractivity contribution in [2.75, 3.05) is 23.8 Å². The second-order valence-electron chi connectivity index (χ2n) is 4.91. The number of nitrogen functional groups attached to an aromatic ring is 1. The number of aromatic nitrogens is 6. The number of nitrogens with zero attached hydrogens (tertiary/aromatic N) is 5. The summed E-state index contributed by atoms with van der Waals surface area (Å²) >= 11 is 0. The zero-order valence-corrected chi connectivity index (χ0v) is 11.4. The van der Waals surface area contributed by atoms with E-state index in [9.17, 15) is 0 Å². The van der Waals surface area contributed by atoms with Gasteiger partial charge in [-0.2, -0.15) is 20.2 Å². The molecular weight excluding hydrogens is 272 g/mol. The van der Waals surface area contributed by atoms with Crippen LogP contribution in [0.15, 0.2) is 12.4 Å². The normalized spacial score (nSPS) is 18.3. The first-order chi connectivity index (χ1) is 10.2. The van der Waals surface area contributed by atoms with Crippen molar-refractivity contribution in [1.82, 2.24) is 30.4 Å². The number of anilines is 2. The molecule has 3 aromatic heterocycles. The van der Waals surface area contributed by atoms with Crippen molar-refractivity contribution in [1.29, 1.82) is 0 Å². The maximum atomic E-state index is 5.80. The van der Waals surface area contributed by atoms with Gasteiger partial charge in [-0.15, -0.1) is 0 Å². The van der Waals surface area contributed by atoms with Gasteiger partial charge >= 0.3 is 0 Å². The van der Waals surface area contributed by atoms with E-state index in [2.05, 4.69) is 42.2 Å². The van der Waals surface area contributed by atoms with Crippen molar-refractivity contribution in [2.24, 2.45) is 0 Å². The van der Waals surface area contributed by atoms with Crippen LogP contribution >= 0.6 is 0 Å². The third-order valence-corrected chi connectivity index (χ3v) is 3.71. The van der Waals surface area contributed by atoms with Gasteiger partial charge in [0.15, 0.2) is 5.65 Å². The first-order valence-electron chi connectivity index (χ1n) is 6.63. The third kappa shape index (κ3) is 1.77. The van der Waals surface area contributed by atoms with Crippen molar-refractivity contribution in [3.63, 3.8) is 0 Å². The molecule has 0 radical (unpaired) electrons. The molecule has 4 N–H and O–H groups in total. The fourth-order valence-corrected chi connectivity index (χ4v) is 2.65. The Morgan fingerprint density at radius 2 is 2.14 bits per heavy atom. The Kier molecular flexibility index (Phi) is 2.46. The Morgan fingerprint density at radius 3 is 3.05 bits per heavy atom. The van der Waals surface area contributed by atoms with Crippen molar-refractivity contribution in [3.8, 4) is 5.88 Å². The molecule has 3 aromatic rings. The van der Waals surface area contributed by atoms with Gasteiger partial charge in [0.25, 0.3) is 0 Å². The average molecular weight is 286 g/mol. The number of nitrogens with two attached hydrogens (primary N) is 1. The van der Waals surface area contributed by atoms with Gasteiger partial charge < -0.3 is 15.4 Å². The molecule has 0 fully saturated rings. The minimum atomic E-state index is 0.0497. The van der Waals surface area contributed by atoms with E-state index in [1.165, 1.54) is 0 Å². The summed E-state index contributed by atoms with van der Waals surface area (Å²) in [7, 11) is 0. The van der Waals surface area contributed by atoms with Gasteiger partial charge in [0.1, 0.15) is 12.4 Å². The van der Waals surface area contributed by atoms with E-state index in [-0.39, 0.29) is 12.0 Å². The van der Waals surface area contributed by atoms with Gasteiger partial charge in [0.05, 0.1) is 35.9 Å². The molecule has 21 heavy (non-hydrogen) atoms. The lowest BCUT2D eigenvalue weighted by molar-refractivity contribution is 0.318. The number of fused-ring (bicyclic) bond motifs is 2. The van der Waals surface area contributed by atoms with Gasteiger partial charge in [-0.1, -0.05) is 0 Å². The molecule has 0 bridgehead atoms. The van der Waals surface area contributed by atoms with Crippen molar-refractivity contribution < 1.29 is 4.74 Å². The summed E-state index contributed by atoms with van der Waals surface area (Å²) in [5, 5.41) is 14.6. The molecule has 4 heterocycles. The minimum Gasteiger partial charge on any atom is -0.476 e. The number of hydrogen-bond donors (Lipinski definition) is 3. The maximum Gasteiger partial charge on any atom is 0.224 e. The highest BCUT2D eigenvalue weighted by Crippen LogP contribution is 2.35. The van der Waals surface area contributed by atoms with Gasteiger partial charge in [-0.3, -0.25) is 5.10 Å². The van der Waals surface area contributed by atoms with Crippen LogP contribution in [0.1, 0.15) is 18.5 Å². The molecule has 1 aliphatic heterocycles. The number of aromatic amines is 2. The number of rotatable bonds is 1. The zero-order valence-electron chi connectivity index (χ0n) is 11.4. The summed E-state index contributed by atoms with van der Waals surface area (Å²) in [6.45, 7) is 3.29. The number of hydrogen-bond acceptors (Lipinski definition) is 7. The van der Waals surface area contributed by atoms with E-state index >= 15 is 0 Å². The highest BCUT2D eigenvalue weighted by atomic mass is 16.5. The topological polar surface area (TPSA) is 122 Å². The van der Waals surface area contributed by atoms with E-state index in [1.54, 1.807) is 12.4 Å². The molecule has 1 atom stereocenters. The molecule has 9 nitrogen and oxygen atoms in total. The summed E-state index contributed by atoms with van der Waals surface area (Å²) in [6, 6.07) is 0.0497. The number of ether oxygens (including phenoxy) is 1. The molecule has 9 heteroatoms. The Labute approximate surface area is 119 Å². The largest absolute Gasteiger partial charge is 0.476 e. The Hall–Kier alpha value is -2.84. The molecule has 0 aliphatic carbocycles. The van der Waals surface area contributed by atoms with Crippen LogP contribution in [0.5, 0.6) is 5.88 Å². The van der Waals surface area contributed by atoms with Gasteiger partial charge in [0.2, 0.25) is 11.8 Å². The van der Waals surface area contributed by atoms with Gasteiger partial charge in [-0.25, -0.2) is 5.10 Å². The highest BCUT2D eigenvalue weighted by molar-refractivity contribution is 5.87. The Morgan fingerprint density at radius 1 is 1.29 bits per heavy atom. The van der Waals surface area contributed by atoms with Crippen LogP contribution < -0.4 is 15.4 Å². The molecule has 108 valence electrons. The molecule has 0 saturated heterocycles. The van der Waals surface area contributed by atoms with Crippen LogP contribution in [0.3, 0.4) is 0 Å². The quantitative estimate of drug-likeness (QED) is 0.599. The van der Waals surface area contributed by atoms with E-state index in [0.717, 1.165) is 16.8 Å². The van der Waals surface area contributed by atoms with E-state index < -0.39 is 0 Å². The number of nitrogens with one attached hydrogen (secondary N) is 2. The minimum absolute atomic E-state index is 0.0497. The van der Waals surface area contributed by atoms with Crippen LogP contribution in [-0.4, -0.2) is 43.5 Å². The molecule has 0 saturated carbocycles. The Balaban J connectivity index is 1.86. The average Bonchev–Trinajstić information content (AvgIpc) is 3.08. The summed E-state index contributed by atoms with van der Waals surface area (Å²) < 4.78 is 5.68. The summed E-state index contributed by atoms with van der Waals surface area (Å²) in [5.74, 6) is 1.67. The van der Waals surface area contributed by atoms with Crippen LogP contribution in [0, 0.1) is 0 Å². The molecule has 1 unspecified atom stereocenters.